The van der Waals surface area contributed by atoms with Crippen LogP contribution in [0.4, 0.5) is 23.2 Å². The van der Waals surface area contributed by atoms with Crippen LogP contribution < -0.4 is 5.32 Å². The van der Waals surface area contributed by atoms with Gasteiger partial charge < -0.3 is 10.4 Å². The number of anilines is 1. The standard InChI is InChI=1S/C17H15F4NO2/c1-10-3-8-13(18)9-14(10)22-15(23)11-4-6-12(7-5-11)16(2,24)17(19,20)21/h3-9,24H,1-2H3,(H,22,23). The smallest absolute Gasteiger partial charge is 0.376 e. The summed E-state index contributed by atoms with van der Waals surface area (Å²) in [6.45, 7) is 2.32. The molecule has 2 aromatic carbocycles. The van der Waals surface area contributed by atoms with Crippen molar-refractivity contribution in [1.82, 2.24) is 0 Å². The van der Waals surface area contributed by atoms with Crippen molar-refractivity contribution in [3.8, 4) is 0 Å². The number of hydrogen-bond acceptors (Lipinski definition) is 2. The van der Waals surface area contributed by atoms with Gasteiger partial charge in [-0.1, -0.05) is 18.2 Å². The zero-order valence-electron chi connectivity index (χ0n) is 12.9. The van der Waals surface area contributed by atoms with Gasteiger partial charge in [-0.15, -0.1) is 0 Å². The summed E-state index contributed by atoms with van der Waals surface area (Å²) >= 11 is 0. The van der Waals surface area contributed by atoms with Crippen LogP contribution >= 0.6 is 0 Å². The maximum atomic E-state index is 13.2. The van der Waals surface area contributed by atoms with Gasteiger partial charge in [0.2, 0.25) is 0 Å². The molecule has 1 atom stereocenters. The molecule has 2 aromatic rings. The minimum Gasteiger partial charge on any atom is -0.376 e. The van der Waals surface area contributed by atoms with Crippen molar-refractivity contribution in [2.24, 2.45) is 0 Å². The first kappa shape index (κ1) is 17.9. The Morgan fingerprint density at radius 1 is 1.08 bits per heavy atom. The first-order valence-corrected chi connectivity index (χ1v) is 6.99. The summed E-state index contributed by atoms with van der Waals surface area (Å²) in [6, 6.07) is 8.28. The number of rotatable bonds is 3. The summed E-state index contributed by atoms with van der Waals surface area (Å²) in [5.74, 6) is -1.12. The van der Waals surface area contributed by atoms with Crippen molar-refractivity contribution in [2.75, 3.05) is 5.32 Å². The summed E-state index contributed by atoms with van der Waals surface area (Å²) in [5, 5.41) is 12.1. The highest BCUT2D eigenvalue weighted by atomic mass is 19.4. The van der Waals surface area contributed by atoms with Gasteiger partial charge >= 0.3 is 6.18 Å². The summed E-state index contributed by atoms with van der Waals surface area (Å²) in [7, 11) is 0. The van der Waals surface area contributed by atoms with Crippen molar-refractivity contribution in [1.29, 1.82) is 0 Å². The average Bonchev–Trinajstić information content (AvgIpc) is 2.50. The minimum atomic E-state index is -4.84. The number of amides is 1. The Bertz CT molecular complexity index is 752. The third-order valence-corrected chi connectivity index (χ3v) is 3.71. The molecule has 24 heavy (non-hydrogen) atoms. The number of hydrogen-bond donors (Lipinski definition) is 2. The molecule has 0 bridgehead atoms. The van der Waals surface area contributed by atoms with E-state index in [2.05, 4.69) is 5.32 Å². The number of nitrogens with one attached hydrogen (secondary N) is 1. The van der Waals surface area contributed by atoms with Crippen molar-refractivity contribution >= 4 is 11.6 Å². The van der Waals surface area contributed by atoms with Gasteiger partial charge in [-0.05, 0) is 49.2 Å². The van der Waals surface area contributed by atoms with Crippen LogP contribution in [0.5, 0.6) is 0 Å². The third-order valence-electron chi connectivity index (χ3n) is 3.71. The van der Waals surface area contributed by atoms with E-state index in [1.807, 2.05) is 0 Å². The van der Waals surface area contributed by atoms with E-state index in [0.717, 1.165) is 18.2 Å². The normalized spacial score (nSPS) is 14.1. The van der Waals surface area contributed by atoms with Crippen molar-refractivity contribution in [3.63, 3.8) is 0 Å². The topological polar surface area (TPSA) is 49.3 Å². The van der Waals surface area contributed by atoms with E-state index < -0.39 is 23.5 Å². The van der Waals surface area contributed by atoms with E-state index in [9.17, 15) is 27.5 Å². The molecule has 0 spiro atoms. The van der Waals surface area contributed by atoms with Gasteiger partial charge in [-0.25, -0.2) is 4.39 Å². The summed E-state index contributed by atoms with van der Waals surface area (Å²) in [4.78, 5) is 12.1. The Morgan fingerprint density at radius 2 is 1.67 bits per heavy atom. The molecule has 0 aromatic heterocycles. The van der Waals surface area contributed by atoms with Crippen LogP contribution in [0.1, 0.15) is 28.4 Å². The van der Waals surface area contributed by atoms with Gasteiger partial charge in [-0.2, -0.15) is 13.2 Å². The molecule has 128 valence electrons. The minimum absolute atomic E-state index is 0.0837. The summed E-state index contributed by atoms with van der Waals surface area (Å²) in [6.07, 6.45) is -4.84. The van der Waals surface area contributed by atoms with Gasteiger partial charge in [0.15, 0.2) is 5.60 Å². The maximum absolute atomic E-state index is 13.2. The lowest BCUT2D eigenvalue weighted by atomic mass is 9.94. The predicted octanol–water partition coefficient (Wildman–Crippen LogP) is 4.16. The lowest BCUT2D eigenvalue weighted by molar-refractivity contribution is -0.258. The molecule has 0 aliphatic heterocycles. The number of aryl methyl sites for hydroxylation is 1. The Morgan fingerprint density at radius 3 is 2.21 bits per heavy atom. The molecule has 2 rings (SSSR count). The molecule has 1 amide bonds. The fourth-order valence-electron chi connectivity index (χ4n) is 2.03. The van der Waals surface area contributed by atoms with E-state index in [1.165, 1.54) is 24.3 Å². The second kappa shape index (κ2) is 6.24. The Labute approximate surface area is 135 Å². The summed E-state index contributed by atoms with van der Waals surface area (Å²) < 4.78 is 51.6. The van der Waals surface area contributed by atoms with Crippen LogP contribution in [-0.2, 0) is 5.60 Å². The lowest BCUT2D eigenvalue weighted by Gasteiger charge is -2.26. The Balaban J connectivity index is 2.22. The van der Waals surface area contributed by atoms with Gasteiger partial charge in [0.05, 0.1) is 0 Å². The van der Waals surface area contributed by atoms with Gasteiger partial charge in [0.25, 0.3) is 5.91 Å². The average molecular weight is 341 g/mol. The zero-order chi connectivity index (χ0) is 18.1. The largest absolute Gasteiger partial charge is 0.421 e. The SMILES string of the molecule is Cc1ccc(F)cc1NC(=O)c1ccc(C(C)(O)C(F)(F)F)cc1. The fraction of sp³-hybridized carbons (Fsp3) is 0.235. The number of alkyl halides is 3. The highest BCUT2D eigenvalue weighted by molar-refractivity contribution is 6.04. The number of aliphatic hydroxyl groups is 1. The molecule has 0 heterocycles. The molecule has 1 unspecified atom stereocenters. The molecule has 0 aliphatic carbocycles. The van der Waals surface area contributed by atoms with Gasteiger partial charge in [-0.3, -0.25) is 4.79 Å². The van der Waals surface area contributed by atoms with Crippen molar-refractivity contribution in [2.45, 2.75) is 25.6 Å². The van der Waals surface area contributed by atoms with Crippen LogP contribution in [-0.4, -0.2) is 17.2 Å². The molecule has 0 aliphatic rings. The van der Waals surface area contributed by atoms with Crippen LogP contribution in [0.25, 0.3) is 0 Å². The second-order valence-corrected chi connectivity index (χ2v) is 5.56. The van der Waals surface area contributed by atoms with E-state index in [0.29, 0.717) is 12.5 Å². The zero-order valence-corrected chi connectivity index (χ0v) is 12.9. The molecule has 0 saturated carbocycles. The summed E-state index contributed by atoms with van der Waals surface area (Å²) in [5.41, 5.74) is -2.40. The third kappa shape index (κ3) is 3.56. The molecular weight excluding hydrogens is 326 g/mol. The Hall–Kier alpha value is -2.41. The van der Waals surface area contributed by atoms with E-state index in [4.69, 9.17) is 0 Å². The molecule has 0 saturated heterocycles. The van der Waals surface area contributed by atoms with E-state index >= 15 is 0 Å². The lowest BCUT2D eigenvalue weighted by Crippen LogP contribution is -2.39. The van der Waals surface area contributed by atoms with Crippen LogP contribution in [0, 0.1) is 12.7 Å². The van der Waals surface area contributed by atoms with Gasteiger partial charge in [0, 0.05) is 11.3 Å². The molecule has 2 N–H and O–H groups in total. The molecule has 0 radical (unpaired) electrons. The van der Waals surface area contributed by atoms with Crippen LogP contribution in [0.3, 0.4) is 0 Å². The second-order valence-electron chi connectivity index (χ2n) is 5.56. The first-order chi connectivity index (χ1) is 11.0. The molecular formula is C17H15F4NO2. The fourth-order valence-corrected chi connectivity index (χ4v) is 2.03. The Kier molecular flexibility index (Phi) is 4.66. The van der Waals surface area contributed by atoms with Crippen molar-refractivity contribution in [3.05, 3.63) is 65.0 Å². The van der Waals surface area contributed by atoms with Crippen LogP contribution in [0.2, 0.25) is 0 Å². The predicted molar refractivity (Wildman–Crippen MR) is 81.2 cm³/mol. The number of carbonyl (C=O) groups is 1. The molecule has 0 fully saturated rings. The van der Waals surface area contributed by atoms with Gasteiger partial charge in [0.1, 0.15) is 5.82 Å². The van der Waals surface area contributed by atoms with Crippen molar-refractivity contribution < 1.29 is 27.5 Å². The van der Waals surface area contributed by atoms with E-state index in [1.54, 1.807) is 6.92 Å². The maximum Gasteiger partial charge on any atom is 0.421 e. The highest BCUT2D eigenvalue weighted by Crippen LogP contribution is 2.38. The number of carbonyl (C=O) groups excluding carboxylic acids is 1. The first-order valence-electron chi connectivity index (χ1n) is 6.99. The van der Waals surface area contributed by atoms with E-state index in [-0.39, 0.29) is 16.8 Å². The molecule has 7 heteroatoms. The van der Waals surface area contributed by atoms with Crippen LogP contribution in [0.15, 0.2) is 42.5 Å². The number of benzene rings is 2. The monoisotopic (exact) mass is 341 g/mol. The number of halogens is 4. The highest BCUT2D eigenvalue weighted by Gasteiger charge is 2.51. The quantitative estimate of drug-likeness (QED) is 0.824. The molecule has 3 nitrogen and oxygen atoms in total.